The molecule has 0 radical (unpaired) electrons. The van der Waals surface area contributed by atoms with Gasteiger partial charge in [0, 0.05) is 71.4 Å². The Morgan fingerprint density at radius 3 is 2.09 bits per heavy atom. The summed E-state index contributed by atoms with van der Waals surface area (Å²) >= 11 is 0. The first kappa shape index (κ1) is 39.0. The summed E-state index contributed by atoms with van der Waals surface area (Å²) in [6.07, 6.45) is 6.69. The average molecular weight is 738 g/mol. The molecule has 3 atom stereocenters. The van der Waals surface area contributed by atoms with E-state index >= 15 is 0 Å². The summed E-state index contributed by atoms with van der Waals surface area (Å²) in [5, 5.41) is 22.4. The van der Waals surface area contributed by atoms with Gasteiger partial charge >= 0.3 is 0 Å². The zero-order valence-corrected chi connectivity index (χ0v) is 30.7. The van der Waals surface area contributed by atoms with Crippen LogP contribution in [0.3, 0.4) is 0 Å². The second kappa shape index (κ2) is 16.2. The largest absolute Gasteiger partial charge is 0.508 e. The number of carbonyl (C=O) groups is 5. The van der Waals surface area contributed by atoms with E-state index < -0.39 is 65.2 Å². The standard InChI is InChI=1S/C39H47N9O6/c1-38(2,39(3,4)41)37(54)48-32(16-24-20-44-29-12-11-25(49)17-27(24)29)35(52)45-21-33(50)46-31(14-22-8-7-13-42-18-22)36(53)47-30(34(40)51)15-23-19-43-28-10-6-5-9-26(23)28/h5-13,17-20,30-32,43-44,49H,14-16,21,41H2,1-4H3,(H2,40,51)(H,45,52)(H,46,50)(H,47,53)(H,48,54)/t30-,31+,32+/m1/s1. The molecule has 2 aromatic carbocycles. The number of primary amides is 1. The monoisotopic (exact) mass is 737 g/mol. The first-order valence-corrected chi connectivity index (χ1v) is 17.5. The number of phenolic OH excluding ortho intramolecular Hbond substituents is 1. The second-order valence-corrected chi connectivity index (χ2v) is 14.6. The Morgan fingerprint density at radius 1 is 0.778 bits per heavy atom. The first-order chi connectivity index (χ1) is 25.5. The van der Waals surface area contributed by atoms with Gasteiger partial charge in [0.25, 0.3) is 0 Å². The number of para-hydroxylation sites is 1. The van der Waals surface area contributed by atoms with Gasteiger partial charge in [-0.3, -0.25) is 29.0 Å². The number of nitrogens with two attached hydrogens (primary N) is 2. The summed E-state index contributed by atoms with van der Waals surface area (Å²) in [7, 11) is 0. The summed E-state index contributed by atoms with van der Waals surface area (Å²) in [5.74, 6) is -3.24. The van der Waals surface area contributed by atoms with Crippen LogP contribution < -0.4 is 32.7 Å². The van der Waals surface area contributed by atoms with E-state index in [0.717, 1.165) is 16.5 Å². The molecule has 0 aliphatic carbocycles. The highest BCUT2D eigenvalue weighted by molar-refractivity contribution is 5.96. The lowest BCUT2D eigenvalue weighted by molar-refractivity contribution is -0.136. The average Bonchev–Trinajstić information content (AvgIpc) is 3.72. The number of nitrogens with zero attached hydrogens (tertiary/aromatic N) is 1. The summed E-state index contributed by atoms with van der Waals surface area (Å²) in [5.41, 5.74) is 13.6. The highest BCUT2D eigenvalue weighted by Gasteiger charge is 2.42. The van der Waals surface area contributed by atoms with Gasteiger partial charge in [-0.1, -0.05) is 24.3 Å². The maximum absolute atomic E-state index is 13.7. The molecule has 5 rings (SSSR count). The SMILES string of the molecule is CC(C)(N)C(C)(C)C(=O)N[C@@H](Cc1c[nH]c2ccc(O)cc12)C(=O)NCC(=O)N[C@@H](Cc1cccnc1)C(=O)N[C@H](Cc1c[nH]c2ccccc12)C(N)=O. The van der Waals surface area contributed by atoms with Gasteiger partial charge in [0.2, 0.25) is 29.5 Å². The van der Waals surface area contributed by atoms with Crippen LogP contribution >= 0.6 is 0 Å². The van der Waals surface area contributed by atoms with E-state index in [-0.39, 0.29) is 25.0 Å². The van der Waals surface area contributed by atoms with Crippen LogP contribution in [0.15, 0.2) is 79.4 Å². The smallest absolute Gasteiger partial charge is 0.243 e. The molecule has 0 unspecified atom stereocenters. The Labute approximate surface area is 312 Å². The van der Waals surface area contributed by atoms with Crippen molar-refractivity contribution in [3.8, 4) is 5.75 Å². The van der Waals surface area contributed by atoms with Crippen molar-refractivity contribution in [1.82, 2.24) is 36.2 Å². The maximum atomic E-state index is 13.7. The lowest BCUT2D eigenvalue weighted by Crippen LogP contribution is -2.60. The summed E-state index contributed by atoms with van der Waals surface area (Å²) in [6, 6.07) is 12.3. The number of aromatic nitrogens is 3. The van der Waals surface area contributed by atoms with Gasteiger partial charge in [-0.15, -0.1) is 0 Å². The van der Waals surface area contributed by atoms with Crippen molar-refractivity contribution >= 4 is 51.3 Å². The molecule has 5 aromatic rings. The number of carbonyl (C=O) groups excluding carboxylic acids is 5. The molecule has 0 saturated heterocycles. The predicted octanol–water partition coefficient (Wildman–Crippen LogP) is 1.60. The van der Waals surface area contributed by atoms with Crippen molar-refractivity contribution < 1.29 is 29.1 Å². The van der Waals surface area contributed by atoms with Gasteiger partial charge in [-0.2, -0.15) is 0 Å². The van der Waals surface area contributed by atoms with E-state index in [1.807, 2.05) is 24.3 Å². The number of rotatable bonds is 16. The zero-order chi connectivity index (χ0) is 39.2. The molecule has 0 bridgehead atoms. The molecule has 0 aliphatic heterocycles. The number of aromatic amines is 2. The van der Waals surface area contributed by atoms with Crippen LogP contribution in [0, 0.1) is 5.41 Å². The fourth-order valence-corrected chi connectivity index (χ4v) is 5.91. The molecule has 15 heteroatoms. The highest BCUT2D eigenvalue weighted by Crippen LogP contribution is 2.29. The van der Waals surface area contributed by atoms with Crippen molar-refractivity contribution in [2.45, 2.75) is 70.6 Å². The van der Waals surface area contributed by atoms with E-state index in [4.69, 9.17) is 11.5 Å². The van der Waals surface area contributed by atoms with Crippen molar-refractivity contribution in [2.24, 2.45) is 16.9 Å². The molecular weight excluding hydrogens is 690 g/mol. The predicted molar refractivity (Wildman–Crippen MR) is 204 cm³/mol. The highest BCUT2D eigenvalue weighted by atomic mass is 16.3. The lowest BCUT2D eigenvalue weighted by Gasteiger charge is -2.37. The van der Waals surface area contributed by atoms with Gasteiger partial charge in [-0.05, 0) is 74.7 Å². The molecule has 0 saturated carbocycles. The van der Waals surface area contributed by atoms with Crippen LogP contribution in [0.2, 0.25) is 0 Å². The normalized spacial score (nSPS) is 13.5. The lowest BCUT2D eigenvalue weighted by atomic mass is 9.74. The quantitative estimate of drug-likeness (QED) is 0.0718. The number of aromatic hydroxyl groups is 1. The Bertz CT molecular complexity index is 2150. The van der Waals surface area contributed by atoms with E-state index in [9.17, 15) is 29.1 Å². The number of H-pyrrole nitrogens is 2. The van der Waals surface area contributed by atoms with Gasteiger partial charge in [-0.25, -0.2) is 0 Å². The number of hydrogen-bond acceptors (Lipinski definition) is 8. The Hall–Kier alpha value is -6.22. The molecule has 0 fully saturated rings. The molecule has 3 heterocycles. The molecule has 0 spiro atoms. The van der Waals surface area contributed by atoms with Crippen molar-refractivity contribution in [1.29, 1.82) is 0 Å². The Morgan fingerprint density at radius 2 is 1.43 bits per heavy atom. The zero-order valence-electron chi connectivity index (χ0n) is 30.7. The molecule has 15 nitrogen and oxygen atoms in total. The van der Waals surface area contributed by atoms with Gasteiger partial charge < -0.3 is 47.8 Å². The van der Waals surface area contributed by atoms with Crippen LogP contribution in [0.5, 0.6) is 5.75 Å². The van der Waals surface area contributed by atoms with Crippen LogP contribution in [0.4, 0.5) is 0 Å². The summed E-state index contributed by atoms with van der Waals surface area (Å²) in [6.45, 7) is 6.22. The third kappa shape index (κ3) is 9.22. The number of pyridine rings is 1. The number of hydrogen-bond donors (Lipinski definition) is 9. The number of amides is 5. The van der Waals surface area contributed by atoms with Crippen LogP contribution in [0.1, 0.15) is 44.4 Å². The third-order valence-electron chi connectivity index (χ3n) is 9.97. The van der Waals surface area contributed by atoms with E-state index in [1.165, 1.54) is 6.07 Å². The molecular formula is C39H47N9O6. The molecule has 284 valence electrons. The molecule has 0 aliphatic rings. The van der Waals surface area contributed by atoms with Crippen molar-refractivity contribution in [2.75, 3.05) is 6.54 Å². The Kier molecular flexibility index (Phi) is 11.7. The van der Waals surface area contributed by atoms with E-state index in [2.05, 4.69) is 36.2 Å². The van der Waals surface area contributed by atoms with Crippen LogP contribution in [-0.2, 0) is 43.2 Å². The summed E-state index contributed by atoms with van der Waals surface area (Å²) < 4.78 is 0. The number of fused-ring (bicyclic) bond motifs is 2. The minimum atomic E-state index is -1.18. The minimum absolute atomic E-state index is 0.0146. The Balaban J connectivity index is 1.31. The third-order valence-corrected chi connectivity index (χ3v) is 9.97. The van der Waals surface area contributed by atoms with Crippen LogP contribution in [-0.4, -0.2) is 79.8 Å². The van der Waals surface area contributed by atoms with Gasteiger partial charge in [0.15, 0.2) is 0 Å². The van der Waals surface area contributed by atoms with Gasteiger partial charge in [0.1, 0.15) is 23.9 Å². The van der Waals surface area contributed by atoms with E-state index in [1.54, 1.807) is 76.7 Å². The molecule has 5 amide bonds. The van der Waals surface area contributed by atoms with E-state index in [0.29, 0.717) is 22.0 Å². The molecule has 11 N–H and O–H groups in total. The second-order valence-electron chi connectivity index (χ2n) is 14.6. The number of nitrogens with one attached hydrogen (secondary N) is 6. The summed E-state index contributed by atoms with van der Waals surface area (Å²) in [4.78, 5) is 77.2. The minimum Gasteiger partial charge on any atom is -0.508 e. The topological polar surface area (TPSA) is 250 Å². The van der Waals surface area contributed by atoms with Gasteiger partial charge in [0.05, 0.1) is 12.0 Å². The van der Waals surface area contributed by atoms with Crippen molar-refractivity contribution in [3.63, 3.8) is 0 Å². The molecule has 54 heavy (non-hydrogen) atoms. The van der Waals surface area contributed by atoms with Crippen molar-refractivity contribution in [3.05, 3.63) is 96.1 Å². The number of phenols is 1. The van der Waals surface area contributed by atoms with Crippen LogP contribution in [0.25, 0.3) is 21.8 Å². The maximum Gasteiger partial charge on any atom is 0.243 e. The fraction of sp³-hybridized carbons (Fsp3) is 0.333. The first-order valence-electron chi connectivity index (χ1n) is 17.5. The fourth-order valence-electron chi connectivity index (χ4n) is 5.91. The number of benzene rings is 2. The molecule has 3 aromatic heterocycles.